The number of halogens is 2. The smallest absolute Gasteiger partial charge is 0.410 e. The predicted molar refractivity (Wildman–Crippen MR) is 134 cm³/mol. The number of carbonyl (C=O) groups excluding carboxylic acids is 1. The third-order valence-electron chi connectivity index (χ3n) is 7.63. The standard InChI is InChI=1S/C30H27F2NO3/c31-29(32)36-23-14-12-19(13-15-23)20-16-21-6-5-7-22(17-20)33(21)30(34)35-18-28-26-10-3-1-8-24(26)25-9-2-4-11-27(25)28/h1-4,8-16,21-22,28-29H,5-7,17-18H2. The third-order valence-corrected chi connectivity index (χ3v) is 7.63. The van der Waals surface area contributed by atoms with Crippen molar-refractivity contribution in [2.45, 2.75) is 50.3 Å². The SMILES string of the molecule is O=C(OCC1c2ccccc2-c2ccccc21)N1C2C=C(c3ccc(OC(F)F)cc3)CC1CCC2. The molecule has 1 saturated heterocycles. The Balaban J connectivity index is 1.18. The Kier molecular flexibility index (Phi) is 5.96. The number of rotatable bonds is 5. The van der Waals surface area contributed by atoms with Crippen LogP contribution < -0.4 is 4.74 Å². The number of fused-ring (bicyclic) bond motifs is 5. The Morgan fingerprint density at radius 1 is 0.917 bits per heavy atom. The van der Waals surface area contributed by atoms with Gasteiger partial charge in [-0.1, -0.05) is 66.7 Å². The molecule has 4 nitrogen and oxygen atoms in total. The van der Waals surface area contributed by atoms with Gasteiger partial charge in [0.05, 0.1) is 6.04 Å². The molecule has 0 aromatic heterocycles. The number of benzene rings is 3. The molecule has 0 radical (unpaired) electrons. The molecule has 0 spiro atoms. The van der Waals surface area contributed by atoms with E-state index in [1.807, 2.05) is 41.3 Å². The van der Waals surface area contributed by atoms with E-state index in [9.17, 15) is 13.6 Å². The van der Waals surface area contributed by atoms with Crippen molar-refractivity contribution in [3.05, 3.63) is 95.6 Å². The topological polar surface area (TPSA) is 38.8 Å². The van der Waals surface area contributed by atoms with Crippen LogP contribution in [0, 0.1) is 0 Å². The van der Waals surface area contributed by atoms with Crippen molar-refractivity contribution in [3.63, 3.8) is 0 Å². The van der Waals surface area contributed by atoms with E-state index >= 15 is 0 Å². The molecule has 2 heterocycles. The third kappa shape index (κ3) is 4.15. The summed E-state index contributed by atoms with van der Waals surface area (Å²) in [4.78, 5) is 15.3. The molecule has 6 rings (SSSR count). The minimum absolute atomic E-state index is 0.0276. The molecule has 2 aliphatic heterocycles. The molecule has 1 amide bonds. The van der Waals surface area contributed by atoms with Gasteiger partial charge in [-0.25, -0.2) is 4.79 Å². The first kappa shape index (κ1) is 22.8. The Morgan fingerprint density at radius 2 is 1.58 bits per heavy atom. The summed E-state index contributed by atoms with van der Waals surface area (Å²) in [6.07, 6.45) is 5.47. The first-order valence-corrected chi connectivity index (χ1v) is 12.5. The second-order valence-corrected chi connectivity index (χ2v) is 9.66. The van der Waals surface area contributed by atoms with Crippen molar-refractivity contribution in [2.24, 2.45) is 0 Å². The second-order valence-electron chi connectivity index (χ2n) is 9.66. The summed E-state index contributed by atoms with van der Waals surface area (Å²) in [5, 5.41) is 0. The monoisotopic (exact) mass is 487 g/mol. The maximum atomic E-state index is 13.4. The maximum absolute atomic E-state index is 13.4. The minimum Gasteiger partial charge on any atom is -0.448 e. The van der Waals surface area contributed by atoms with Gasteiger partial charge in [0.25, 0.3) is 0 Å². The average molecular weight is 488 g/mol. The van der Waals surface area contributed by atoms with Crippen LogP contribution in [0.2, 0.25) is 0 Å². The number of nitrogens with zero attached hydrogens (tertiary/aromatic N) is 1. The molecule has 2 bridgehead atoms. The molecule has 1 fully saturated rings. The van der Waals surface area contributed by atoms with E-state index in [2.05, 4.69) is 35.1 Å². The van der Waals surface area contributed by atoms with Crippen LogP contribution in [0.15, 0.2) is 78.9 Å². The van der Waals surface area contributed by atoms with Gasteiger partial charge in [0.2, 0.25) is 0 Å². The highest BCUT2D eigenvalue weighted by molar-refractivity contribution is 5.79. The number of amides is 1. The van der Waals surface area contributed by atoms with Gasteiger partial charge in [0.1, 0.15) is 12.4 Å². The quantitative estimate of drug-likeness (QED) is 0.381. The Hall–Kier alpha value is -3.67. The van der Waals surface area contributed by atoms with Crippen LogP contribution in [0.3, 0.4) is 0 Å². The van der Waals surface area contributed by atoms with Gasteiger partial charge in [-0.3, -0.25) is 4.90 Å². The number of alkyl halides is 2. The van der Waals surface area contributed by atoms with Crippen LogP contribution in [-0.2, 0) is 4.74 Å². The number of ether oxygens (including phenoxy) is 2. The molecule has 3 aromatic rings. The lowest BCUT2D eigenvalue weighted by Gasteiger charge is -2.44. The summed E-state index contributed by atoms with van der Waals surface area (Å²) < 4.78 is 35.4. The second kappa shape index (κ2) is 9.41. The van der Waals surface area contributed by atoms with Gasteiger partial charge in [-0.15, -0.1) is 0 Å². The Bertz CT molecular complexity index is 1260. The van der Waals surface area contributed by atoms with Crippen LogP contribution in [0.4, 0.5) is 13.6 Å². The fourth-order valence-electron chi connectivity index (χ4n) is 6.05. The van der Waals surface area contributed by atoms with E-state index in [1.165, 1.54) is 22.3 Å². The zero-order valence-corrected chi connectivity index (χ0v) is 19.8. The van der Waals surface area contributed by atoms with E-state index in [-0.39, 0.29) is 29.8 Å². The summed E-state index contributed by atoms with van der Waals surface area (Å²) in [5.41, 5.74) is 6.93. The normalized spacial score (nSPS) is 20.5. The van der Waals surface area contributed by atoms with Gasteiger partial charge in [-0.05, 0) is 71.2 Å². The lowest BCUT2D eigenvalue weighted by Crippen LogP contribution is -2.51. The van der Waals surface area contributed by atoms with Crippen molar-refractivity contribution in [2.75, 3.05) is 6.61 Å². The van der Waals surface area contributed by atoms with Gasteiger partial charge in [0.15, 0.2) is 0 Å². The number of carbonyl (C=O) groups is 1. The summed E-state index contributed by atoms with van der Waals surface area (Å²) in [6, 6.07) is 23.4. The molecule has 2 unspecified atom stereocenters. The largest absolute Gasteiger partial charge is 0.448 e. The molecule has 6 heteroatoms. The Labute approximate surface area is 209 Å². The highest BCUT2D eigenvalue weighted by Gasteiger charge is 2.39. The summed E-state index contributed by atoms with van der Waals surface area (Å²) in [5.74, 6) is 0.177. The number of hydrogen-bond donors (Lipinski definition) is 0. The molecular weight excluding hydrogens is 460 g/mol. The van der Waals surface area contributed by atoms with Gasteiger partial charge in [-0.2, -0.15) is 8.78 Å². The molecular formula is C30H27F2NO3. The summed E-state index contributed by atoms with van der Waals surface area (Å²) in [6.45, 7) is -2.53. The number of piperidine rings is 1. The van der Waals surface area contributed by atoms with E-state index in [0.717, 1.165) is 36.8 Å². The van der Waals surface area contributed by atoms with Crippen molar-refractivity contribution in [1.82, 2.24) is 4.90 Å². The van der Waals surface area contributed by atoms with Crippen molar-refractivity contribution in [1.29, 1.82) is 0 Å². The van der Waals surface area contributed by atoms with E-state index < -0.39 is 6.61 Å². The highest BCUT2D eigenvalue weighted by atomic mass is 19.3. The predicted octanol–water partition coefficient (Wildman–Crippen LogP) is 7.25. The molecule has 0 saturated carbocycles. The van der Waals surface area contributed by atoms with E-state index in [1.54, 1.807) is 12.1 Å². The molecule has 36 heavy (non-hydrogen) atoms. The molecule has 0 N–H and O–H groups in total. The summed E-state index contributed by atoms with van der Waals surface area (Å²) >= 11 is 0. The van der Waals surface area contributed by atoms with E-state index in [4.69, 9.17) is 4.74 Å². The van der Waals surface area contributed by atoms with Crippen molar-refractivity contribution in [3.8, 4) is 16.9 Å². The number of hydrogen-bond acceptors (Lipinski definition) is 3. The van der Waals surface area contributed by atoms with Crippen molar-refractivity contribution < 1.29 is 23.0 Å². The zero-order valence-electron chi connectivity index (χ0n) is 19.8. The lowest BCUT2D eigenvalue weighted by atomic mass is 9.83. The van der Waals surface area contributed by atoms with Crippen molar-refractivity contribution >= 4 is 11.7 Å². The first-order chi connectivity index (χ1) is 17.6. The highest BCUT2D eigenvalue weighted by Crippen LogP contribution is 2.45. The zero-order chi connectivity index (χ0) is 24.6. The van der Waals surface area contributed by atoms with Crippen LogP contribution in [0.25, 0.3) is 16.7 Å². The average Bonchev–Trinajstić information content (AvgIpc) is 3.20. The molecule has 184 valence electrons. The summed E-state index contributed by atoms with van der Waals surface area (Å²) in [7, 11) is 0. The fraction of sp³-hybridized carbons (Fsp3) is 0.300. The Morgan fingerprint density at radius 3 is 2.22 bits per heavy atom. The molecule has 3 aliphatic rings. The fourth-order valence-corrected chi connectivity index (χ4v) is 6.05. The molecule has 3 aromatic carbocycles. The van der Waals surface area contributed by atoms with Gasteiger partial charge < -0.3 is 9.47 Å². The molecule has 1 aliphatic carbocycles. The first-order valence-electron chi connectivity index (χ1n) is 12.5. The van der Waals surface area contributed by atoms with Crippen LogP contribution in [-0.4, -0.2) is 36.3 Å². The van der Waals surface area contributed by atoms with Gasteiger partial charge in [0, 0.05) is 12.0 Å². The molecule has 2 atom stereocenters. The lowest BCUT2D eigenvalue weighted by molar-refractivity contribution is -0.0498. The van der Waals surface area contributed by atoms with Crippen LogP contribution >= 0.6 is 0 Å². The minimum atomic E-state index is -2.84. The maximum Gasteiger partial charge on any atom is 0.410 e. The van der Waals surface area contributed by atoms with Crippen LogP contribution in [0.5, 0.6) is 5.75 Å². The van der Waals surface area contributed by atoms with Gasteiger partial charge >= 0.3 is 12.7 Å². The van der Waals surface area contributed by atoms with E-state index in [0.29, 0.717) is 6.61 Å². The van der Waals surface area contributed by atoms with Crippen LogP contribution in [0.1, 0.15) is 48.3 Å².